The summed E-state index contributed by atoms with van der Waals surface area (Å²) in [5.41, 5.74) is 1.75. The van der Waals surface area contributed by atoms with Crippen molar-refractivity contribution in [1.82, 2.24) is 4.98 Å². The van der Waals surface area contributed by atoms with Crippen LogP contribution in [-0.2, 0) is 0 Å². The van der Waals surface area contributed by atoms with Crippen LogP contribution in [0.25, 0.3) is 0 Å². The summed E-state index contributed by atoms with van der Waals surface area (Å²) in [4.78, 5) is 14.5. The molecule has 2 heteroatoms. The monoisotopic (exact) mass is 147 g/mol. The van der Waals surface area contributed by atoms with Gasteiger partial charge < -0.3 is 0 Å². The molecule has 1 saturated carbocycles. The van der Waals surface area contributed by atoms with Gasteiger partial charge in [0, 0.05) is 6.20 Å². The lowest BCUT2D eigenvalue weighted by Gasteiger charge is -1.98. The van der Waals surface area contributed by atoms with Crippen LogP contribution in [0.1, 0.15) is 34.8 Å². The van der Waals surface area contributed by atoms with Gasteiger partial charge >= 0.3 is 0 Å². The van der Waals surface area contributed by atoms with Crippen molar-refractivity contribution in [2.75, 3.05) is 0 Å². The highest BCUT2D eigenvalue weighted by atomic mass is 16.1. The largest absolute Gasteiger partial charge is 0.296 e. The van der Waals surface area contributed by atoms with Crippen LogP contribution in [0.5, 0.6) is 0 Å². The van der Waals surface area contributed by atoms with Crippen LogP contribution in [0.15, 0.2) is 18.3 Å². The summed E-state index contributed by atoms with van der Waals surface area (Å²) in [6, 6.07) is 3.88. The van der Waals surface area contributed by atoms with E-state index in [1.54, 1.807) is 6.20 Å². The Bertz CT molecular complexity index is 279. The van der Waals surface area contributed by atoms with Crippen LogP contribution in [-0.4, -0.2) is 11.3 Å². The summed E-state index contributed by atoms with van der Waals surface area (Å²) in [5.74, 6) is 0.615. The second-order valence-corrected chi connectivity index (χ2v) is 2.87. The number of aldehydes is 1. The molecule has 1 aliphatic carbocycles. The highest BCUT2D eigenvalue weighted by Crippen LogP contribution is 2.40. The maximum Gasteiger partial charge on any atom is 0.168 e. The molecule has 2 rings (SSSR count). The quantitative estimate of drug-likeness (QED) is 0.597. The number of aromatic nitrogens is 1. The second kappa shape index (κ2) is 2.46. The van der Waals surface area contributed by atoms with E-state index in [-0.39, 0.29) is 0 Å². The van der Waals surface area contributed by atoms with Crippen molar-refractivity contribution in [2.24, 2.45) is 0 Å². The first-order valence-corrected chi connectivity index (χ1v) is 3.82. The van der Waals surface area contributed by atoms with Crippen LogP contribution in [0, 0.1) is 0 Å². The summed E-state index contributed by atoms with van der Waals surface area (Å²) >= 11 is 0. The third-order valence-corrected chi connectivity index (χ3v) is 2.00. The summed E-state index contributed by atoms with van der Waals surface area (Å²) in [7, 11) is 0. The minimum atomic E-state index is 0.615. The average Bonchev–Trinajstić information content (AvgIpc) is 2.87. The number of hydrogen-bond donors (Lipinski definition) is 0. The molecule has 0 saturated heterocycles. The van der Waals surface area contributed by atoms with Crippen LogP contribution in [0.4, 0.5) is 0 Å². The maximum atomic E-state index is 10.5. The van der Waals surface area contributed by atoms with Crippen molar-refractivity contribution in [3.63, 3.8) is 0 Å². The molecule has 56 valence electrons. The third-order valence-electron chi connectivity index (χ3n) is 2.00. The number of pyridine rings is 1. The molecule has 0 radical (unpaired) electrons. The van der Waals surface area contributed by atoms with Gasteiger partial charge in [0.05, 0.1) is 0 Å². The van der Waals surface area contributed by atoms with Crippen molar-refractivity contribution in [3.8, 4) is 0 Å². The van der Waals surface area contributed by atoms with Gasteiger partial charge in [-0.1, -0.05) is 6.07 Å². The Hall–Kier alpha value is -1.18. The van der Waals surface area contributed by atoms with E-state index < -0.39 is 0 Å². The molecule has 0 bridgehead atoms. The van der Waals surface area contributed by atoms with E-state index in [4.69, 9.17) is 0 Å². The maximum absolute atomic E-state index is 10.5. The van der Waals surface area contributed by atoms with Crippen molar-refractivity contribution in [1.29, 1.82) is 0 Å². The Labute approximate surface area is 65.3 Å². The Morgan fingerprint density at radius 2 is 2.36 bits per heavy atom. The first-order chi connectivity index (χ1) is 5.42. The summed E-state index contributed by atoms with van der Waals surface area (Å²) in [6.45, 7) is 0. The smallest absolute Gasteiger partial charge is 0.168 e. The van der Waals surface area contributed by atoms with Crippen molar-refractivity contribution < 1.29 is 4.79 Å². The van der Waals surface area contributed by atoms with Crippen LogP contribution in [0.3, 0.4) is 0 Å². The predicted octanol–water partition coefficient (Wildman–Crippen LogP) is 1.77. The molecule has 0 N–H and O–H groups in total. The Kier molecular flexibility index (Phi) is 1.46. The third kappa shape index (κ3) is 1.16. The molecule has 0 spiro atoms. The zero-order valence-electron chi connectivity index (χ0n) is 6.16. The molecule has 0 aromatic carbocycles. The molecular weight excluding hydrogens is 138 g/mol. The van der Waals surface area contributed by atoms with E-state index >= 15 is 0 Å². The van der Waals surface area contributed by atoms with Gasteiger partial charge in [0.2, 0.25) is 0 Å². The van der Waals surface area contributed by atoms with Gasteiger partial charge in [-0.2, -0.15) is 0 Å². The minimum absolute atomic E-state index is 0.615. The van der Waals surface area contributed by atoms with E-state index in [2.05, 4.69) is 4.98 Å². The summed E-state index contributed by atoms with van der Waals surface area (Å²) in [5, 5.41) is 0. The molecule has 0 atom stereocenters. The number of nitrogens with zero attached hydrogens (tertiary/aromatic N) is 1. The van der Waals surface area contributed by atoms with Gasteiger partial charge in [-0.15, -0.1) is 0 Å². The summed E-state index contributed by atoms with van der Waals surface area (Å²) < 4.78 is 0. The van der Waals surface area contributed by atoms with E-state index in [1.165, 1.54) is 12.8 Å². The van der Waals surface area contributed by atoms with E-state index in [1.807, 2.05) is 12.1 Å². The molecule has 2 nitrogen and oxygen atoms in total. The average molecular weight is 147 g/mol. The molecule has 0 aliphatic heterocycles. The first kappa shape index (κ1) is 6.53. The van der Waals surface area contributed by atoms with E-state index in [0.29, 0.717) is 11.6 Å². The van der Waals surface area contributed by atoms with Gasteiger partial charge in [0.1, 0.15) is 5.69 Å². The van der Waals surface area contributed by atoms with E-state index in [0.717, 1.165) is 11.8 Å². The zero-order valence-corrected chi connectivity index (χ0v) is 6.16. The Morgan fingerprint density at radius 1 is 1.55 bits per heavy atom. The topological polar surface area (TPSA) is 30.0 Å². The highest BCUT2D eigenvalue weighted by molar-refractivity contribution is 5.74. The van der Waals surface area contributed by atoms with Gasteiger partial charge in [-0.05, 0) is 30.4 Å². The Morgan fingerprint density at radius 3 is 3.00 bits per heavy atom. The van der Waals surface area contributed by atoms with Gasteiger partial charge in [0.25, 0.3) is 0 Å². The van der Waals surface area contributed by atoms with Crippen LogP contribution < -0.4 is 0 Å². The molecule has 0 amide bonds. The lowest BCUT2D eigenvalue weighted by atomic mass is 10.1. The lowest BCUT2D eigenvalue weighted by Crippen LogP contribution is -1.92. The molecule has 1 fully saturated rings. The summed E-state index contributed by atoms with van der Waals surface area (Å²) in [6.07, 6.45) is 4.93. The van der Waals surface area contributed by atoms with Gasteiger partial charge in [-0.3, -0.25) is 9.78 Å². The molecule has 1 heterocycles. The standard InChI is InChI=1S/C9H9NO/c11-6-9-8(7-3-4-7)2-1-5-10-9/h1-2,5-7H,3-4H2. The fourth-order valence-corrected chi connectivity index (χ4v) is 1.27. The normalized spacial score (nSPS) is 16.4. The van der Waals surface area contributed by atoms with Crippen LogP contribution >= 0.6 is 0 Å². The number of carbonyl (C=O) groups excluding carboxylic acids is 1. The Balaban J connectivity index is 2.42. The van der Waals surface area contributed by atoms with Crippen molar-refractivity contribution in [2.45, 2.75) is 18.8 Å². The number of rotatable bonds is 2. The molecule has 11 heavy (non-hydrogen) atoms. The number of carbonyl (C=O) groups is 1. The van der Waals surface area contributed by atoms with Crippen LogP contribution in [0.2, 0.25) is 0 Å². The molecular formula is C9H9NO. The lowest BCUT2D eigenvalue weighted by molar-refractivity contribution is 0.111. The molecule has 0 unspecified atom stereocenters. The predicted molar refractivity (Wildman–Crippen MR) is 41.6 cm³/mol. The van der Waals surface area contributed by atoms with E-state index in [9.17, 15) is 4.79 Å². The molecule has 1 aromatic heterocycles. The fraction of sp³-hybridized carbons (Fsp3) is 0.333. The van der Waals surface area contributed by atoms with Gasteiger partial charge in [0.15, 0.2) is 6.29 Å². The molecule has 1 aromatic rings. The SMILES string of the molecule is O=Cc1ncccc1C1CC1. The molecule has 1 aliphatic rings. The minimum Gasteiger partial charge on any atom is -0.296 e. The van der Waals surface area contributed by atoms with Gasteiger partial charge in [-0.25, -0.2) is 0 Å². The fourth-order valence-electron chi connectivity index (χ4n) is 1.27. The highest BCUT2D eigenvalue weighted by Gasteiger charge is 2.25. The number of hydrogen-bond acceptors (Lipinski definition) is 2. The second-order valence-electron chi connectivity index (χ2n) is 2.87. The van der Waals surface area contributed by atoms with Crippen molar-refractivity contribution >= 4 is 6.29 Å². The first-order valence-electron chi connectivity index (χ1n) is 3.82. The van der Waals surface area contributed by atoms with Crippen molar-refractivity contribution in [3.05, 3.63) is 29.6 Å². The zero-order chi connectivity index (χ0) is 7.68.